The van der Waals surface area contributed by atoms with E-state index in [1.54, 1.807) is 12.4 Å². The van der Waals surface area contributed by atoms with E-state index in [1.807, 2.05) is 31.2 Å². The van der Waals surface area contributed by atoms with Gasteiger partial charge in [-0.2, -0.15) is 5.10 Å². The topological polar surface area (TPSA) is 57.3 Å². The number of piperazine rings is 1. The number of benzene rings is 3. The predicted octanol–water partition coefficient (Wildman–Crippen LogP) is 7.90. The molecule has 0 amide bonds. The number of aromatic amines is 1. The highest BCUT2D eigenvalue weighted by Crippen LogP contribution is 2.33. The summed E-state index contributed by atoms with van der Waals surface area (Å²) in [5.41, 5.74) is 6.26. The number of H-pyrrole nitrogens is 1. The highest BCUT2D eigenvalue weighted by atomic mass is 35.5. The van der Waals surface area contributed by atoms with Crippen molar-refractivity contribution in [3.8, 4) is 5.75 Å². The van der Waals surface area contributed by atoms with Crippen LogP contribution in [0.25, 0.3) is 23.1 Å². The van der Waals surface area contributed by atoms with Gasteiger partial charge < -0.3 is 9.64 Å². The molecule has 1 unspecified atom stereocenters. The minimum atomic E-state index is -0.340. The lowest BCUT2D eigenvalue weighted by atomic mass is 10.1. The molecular formula is C33H31Cl2N5O. The summed E-state index contributed by atoms with van der Waals surface area (Å²) in [7, 11) is 0. The summed E-state index contributed by atoms with van der Waals surface area (Å²) >= 11 is 12.6. The van der Waals surface area contributed by atoms with Gasteiger partial charge in [-0.25, -0.2) is 0 Å². The lowest BCUT2D eigenvalue weighted by Crippen LogP contribution is -2.45. The van der Waals surface area contributed by atoms with Gasteiger partial charge in [-0.15, -0.1) is 0 Å². The number of nitrogens with one attached hydrogen (secondary N) is 1. The number of ether oxygens (including phenoxy) is 1. The van der Waals surface area contributed by atoms with E-state index >= 15 is 0 Å². The summed E-state index contributed by atoms with van der Waals surface area (Å²) in [5, 5.41) is 9.56. The summed E-state index contributed by atoms with van der Waals surface area (Å²) in [6.45, 7) is 7.13. The van der Waals surface area contributed by atoms with Crippen LogP contribution < -0.4 is 9.64 Å². The van der Waals surface area contributed by atoms with Crippen molar-refractivity contribution in [2.24, 2.45) is 0 Å². The second kappa shape index (κ2) is 12.4. The number of halogens is 2. The summed E-state index contributed by atoms with van der Waals surface area (Å²) < 4.78 is 6.19. The average Bonchev–Trinajstić information content (AvgIpc) is 3.40. The van der Waals surface area contributed by atoms with E-state index in [9.17, 15) is 0 Å². The van der Waals surface area contributed by atoms with E-state index in [1.165, 1.54) is 11.3 Å². The quantitative estimate of drug-likeness (QED) is 0.201. The van der Waals surface area contributed by atoms with Crippen LogP contribution in [0.5, 0.6) is 5.75 Å². The largest absolute Gasteiger partial charge is 0.486 e. The third-order valence-corrected chi connectivity index (χ3v) is 8.09. The molecule has 1 atom stereocenters. The van der Waals surface area contributed by atoms with Crippen LogP contribution in [-0.4, -0.2) is 46.3 Å². The van der Waals surface area contributed by atoms with Crippen LogP contribution in [0.2, 0.25) is 10.0 Å². The minimum absolute atomic E-state index is 0.340. The van der Waals surface area contributed by atoms with Crippen LogP contribution in [0.3, 0.4) is 0 Å². The monoisotopic (exact) mass is 583 g/mol. The molecule has 5 aromatic rings. The molecule has 8 heteroatoms. The Morgan fingerprint density at radius 3 is 2.37 bits per heavy atom. The molecule has 208 valence electrons. The number of pyridine rings is 1. The molecule has 1 saturated heterocycles. The van der Waals surface area contributed by atoms with Crippen LogP contribution >= 0.6 is 23.2 Å². The van der Waals surface area contributed by atoms with E-state index in [0.717, 1.165) is 54.9 Å². The number of hydrogen-bond donors (Lipinski definition) is 1. The zero-order valence-electron chi connectivity index (χ0n) is 22.8. The third kappa shape index (κ3) is 6.41. The molecule has 41 heavy (non-hydrogen) atoms. The molecule has 1 fully saturated rings. The van der Waals surface area contributed by atoms with Crippen molar-refractivity contribution >= 4 is 51.9 Å². The maximum absolute atomic E-state index is 6.32. The fourth-order valence-electron chi connectivity index (χ4n) is 5.26. The van der Waals surface area contributed by atoms with Crippen molar-refractivity contribution in [2.45, 2.75) is 19.6 Å². The van der Waals surface area contributed by atoms with E-state index in [2.05, 4.69) is 85.7 Å². The molecule has 6 rings (SSSR count). The number of para-hydroxylation sites is 1. The Bertz CT molecular complexity index is 1620. The number of nitrogens with zero attached hydrogens (tertiary/aromatic N) is 4. The van der Waals surface area contributed by atoms with Crippen LogP contribution in [0.15, 0.2) is 85.2 Å². The maximum Gasteiger partial charge on any atom is 0.124 e. The maximum atomic E-state index is 6.32. The molecule has 0 spiro atoms. The van der Waals surface area contributed by atoms with Gasteiger partial charge in [0.1, 0.15) is 11.9 Å². The fraction of sp³-hybridized carbons (Fsp3) is 0.212. The Morgan fingerprint density at radius 1 is 0.902 bits per heavy atom. The standard InChI is InChI=1S/C33H31Cl2N5O/c1-23(33-29(34)20-36-21-30(33)35)41-27-12-14-32-28(19-27)31(37-38-32)13-11-24-7-9-25(10-8-24)22-39-15-17-40(18-16-39)26-5-3-2-4-6-26/h2-14,19-21,23H,15-18,22H2,1H3,(H,37,38)/b13-11+. The van der Waals surface area contributed by atoms with Crippen molar-refractivity contribution in [3.05, 3.63) is 118 Å². The Morgan fingerprint density at radius 2 is 1.63 bits per heavy atom. The Balaban J connectivity index is 1.08. The SMILES string of the molecule is CC(Oc1ccc2[nH]nc(/C=C/c3ccc(CN4CCN(c5ccccc5)CC4)cc3)c2c1)c1c(Cl)cncc1Cl. The molecule has 1 N–H and O–H groups in total. The van der Waals surface area contributed by atoms with Crippen LogP contribution in [0, 0.1) is 0 Å². The second-order valence-corrected chi connectivity index (χ2v) is 11.1. The van der Waals surface area contributed by atoms with Crippen molar-refractivity contribution in [2.75, 3.05) is 31.1 Å². The van der Waals surface area contributed by atoms with Gasteiger partial charge in [-0.3, -0.25) is 15.0 Å². The first-order valence-corrected chi connectivity index (χ1v) is 14.5. The summed E-state index contributed by atoms with van der Waals surface area (Å²) in [5.74, 6) is 0.707. The van der Waals surface area contributed by atoms with E-state index < -0.39 is 0 Å². The Kier molecular flexibility index (Phi) is 8.23. The summed E-state index contributed by atoms with van der Waals surface area (Å²) in [4.78, 5) is 9.01. The molecule has 0 bridgehead atoms. The number of rotatable bonds is 8. The van der Waals surface area contributed by atoms with Crippen LogP contribution in [0.1, 0.15) is 35.4 Å². The minimum Gasteiger partial charge on any atom is -0.486 e. The molecule has 0 aliphatic carbocycles. The van der Waals surface area contributed by atoms with Gasteiger partial charge in [0.05, 0.1) is 21.3 Å². The van der Waals surface area contributed by atoms with Crippen molar-refractivity contribution in [1.29, 1.82) is 0 Å². The predicted molar refractivity (Wildman–Crippen MR) is 169 cm³/mol. The fourth-order valence-corrected chi connectivity index (χ4v) is 5.93. The zero-order valence-corrected chi connectivity index (χ0v) is 24.3. The number of fused-ring (bicyclic) bond motifs is 1. The Hall–Kier alpha value is -3.84. The van der Waals surface area contributed by atoms with Gasteiger partial charge in [0.2, 0.25) is 0 Å². The van der Waals surface area contributed by atoms with Gasteiger partial charge in [-0.05, 0) is 54.5 Å². The average molecular weight is 585 g/mol. The highest BCUT2D eigenvalue weighted by molar-refractivity contribution is 6.35. The van der Waals surface area contributed by atoms with E-state index in [0.29, 0.717) is 21.4 Å². The smallest absolute Gasteiger partial charge is 0.124 e. The van der Waals surface area contributed by atoms with E-state index in [4.69, 9.17) is 27.9 Å². The van der Waals surface area contributed by atoms with Crippen molar-refractivity contribution in [1.82, 2.24) is 20.1 Å². The molecule has 0 radical (unpaired) electrons. The number of anilines is 1. The van der Waals surface area contributed by atoms with Crippen molar-refractivity contribution in [3.63, 3.8) is 0 Å². The van der Waals surface area contributed by atoms with E-state index in [-0.39, 0.29) is 6.10 Å². The third-order valence-electron chi connectivity index (χ3n) is 7.49. The number of aromatic nitrogens is 3. The molecule has 6 nitrogen and oxygen atoms in total. The molecule has 1 aliphatic heterocycles. The second-order valence-electron chi connectivity index (χ2n) is 10.3. The van der Waals surface area contributed by atoms with Gasteiger partial charge in [-0.1, -0.05) is 71.7 Å². The molecule has 0 saturated carbocycles. The lowest BCUT2D eigenvalue weighted by Gasteiger charge is -2.36. The molecular weight excluding hydrogens is 553 g/mol. The van der Waals surface area contributed by atoms with Crippen LogP contribution in [-0.2, 0) is 6.54 Å². The van der Waals surface area contributed by atoms with Gasteiger partial charge >= 0.3 is 0 Å². The molecule has 1 aliphatic rings. The molecule has 3 heterocycles. The first kappa shape index (κ1) is 27.3. The first-order valence-electron chi connectivity index (χ1n) is 13.8. The van der Waals surface area contributed by atoms with Gasteiger partial charge in [0.25, 0.3) is 0 Å². The van der Waals surface area contributed by atoms with Gasteiger partial charge in [0.15, 0.2) is 0 Å². The number of hydrogen-bond acceptors (Lipinski definition) is 5. The summed E-state index contributed by atoms with van der Waals surface area (Å²) in [6, 6.07) is 25.3. The first-order chi connectivity index (χ1) is 20.0. The zero-order chi connectivity index (χ0) is 28.2. The normalized spacial score (nSPS) is 15.0. The van der Waals surface area contributed by atoms with Crippen LogP contribution in [0.4, 0.5) is 5.69 Å². The molecule has 3 aromatic carbocycles. The lowest BCUT2D eigenvalue weighted by molar-refractivity contribution is 0.227. The molecule has 2 aromatic heterocycles. The summed E-state index contributed by atoms with van der Waals surface area (Å²) in [6.07, 6.45) is 6.92. The van der Waals surface area contributed by atoms with Gasteiger partial charge in [0, 0.05) is 61.8 Å². The highest BCUT2D eigenvalue weighted by Gasteiger charge is 2.18. The Labute approximate surface area is 250 Å². The van der Waals surface area contributed by atoms with Crippen molar-refractivity contribution < 1.29 is 4.74 Å².